The Kier molecular flexibility index (Phi) is 5.09. The first-order valence-electron chi connectivity index (χ1n) is 6.99. The molecule has 114 valence electrons. The van der Waals surface area contributed by atoms with Gasteiger partial charge in [-0.1, -0.05) is 31.0 Å². The number of likely N-dealkylation sites (tertiary alicyclic amines) is 1. The summed E-state index contributed by atoms with van der Waals surface area (Å²) in [5.74, 6) is 0.0562. The van der Waals surface area contributed by atoms with E-state index in [2.05, 4.69) is 11.3 Å². The number of sulfonamides is 1. The second-order valence-corrected chi connectivity index (χ2v) is 7.93. The molecule has 1 saturated carbocycles. The van der Waals surface area contributed by atoms with Crippen molar-refractivity contribution in [3.63, 3.8) is 0 Å². The summed E-state index contributed by atoms with van der Waals surface area (Å²) < 4.78 is 26.1. The summed E-state index contributed by atoms with van der Waals surface area (Å²) in [7, 11) is -3.45. The minimum Gasteiger partial charge on any atom is -0.341 e. The van der Waals surface area contributed by atoms with Crippen molar-refractivity contribution in [3.05, 3.63) is 11.6 Å². The zero-order valence-corrected chi connectivity index (χ0v) is 13.0. The maximum absolute atomic E-state index is 12.3. The van der Waals surface area contributed by atoms with Crippen LogP contribution in [0.2, 0.25) is 0 Å². The zero-order valence-electron chi connectivity index (χ0n) is 11.5. The van der Waals surface area contributed by atoms with E-state index in [0.29, 0.717) is 19.5 Å². The molecule has 1 unspecified atom stereocenters. The summed E-state index contributed by atoms with van der Waals surface area (Å²) in [6, 6.07) is -0.207. The molecule has 0 bridgehead atoms. The average Bonchev–Trinajstić information content (AvgIpc) is 2.95. The molecule has 0 aromatic heterocycles. The molecule has 1 N–H and O–H groups in total. The summed E-state index contributed by atoms with van der Waals surface area (Å²) in [5.41, 5.74) is 0. The fourth-order valence-electron chi connectivity index (χ4n) is 2.99. The van der Waals surface area contributed by atoms with E-state index in [9.17, 15) is 13.2 Å². The van der Waals surface area contributed by atoms with Crippen molar-refractivity contribution in [1.29, 1.82) is 0 Å². The fourth-order valence-corrected chi connectivity index (χ4v) is 4.62. The minimum absolute atomic E-state index is 0.0920. The molecule has 1 saturated heterocycles. The van der Waals surface area contributed by atoms with Gasteiger partial charge in [0.1, 0.15) is 0 Å². The highest BCUT2D eigenvalue weighted by Gasteiger charge is 2.33. The average molecular weight is 321 g/mol. The van der Waals surface area contributed by atoms with Crippen molar-refractivity contribution in [3.8, 4) is 0 Å². The Morgan fingerprint density at radius 2 is 1.95 bits per heavy atom. The number of rotatable bonds is 5. The van der Waals surface area contributed by atoms with E-state index in [-0.39, 0.29) is 28.7 Å². The maximum Gasteiger partial charge on any atom is 0.225 e. The van der Waals surface area contributed by atoms with Crippen LogP contribution in [0.4, 0.5) is 0 Å². The van der Waals surface area contributed by atoms with Crippen LogP contribution in [0.5, 0.6) is 0 Å². The molecule has 0 spiro atoms. The van der Waals surface area contributed by atoms with Gasteiger partial charge in [-0.15, -0.1) is 0 Å². The molecule has 0 radical (unpaired) electrons. The van der Waals surface area contributed by atoms with Crippen molar-refractivity contribution in [1.82, 2.24) is 9.62 Å². The number of hydrogen-bond donors (Lipinski definition) is 1. The number of nitrogens with one attached hydrogen (secondary N) is 1. The molecule has 2 aliphatic rings. The van der Waals surface area contributed by atoms with E-state index < -0.39 is 10.0 Å². The monoisotopic (exact) mass is 320 g/mol. The minimum atomic E-state index is -3.45. The zero-order chi connectivity index (χ0) is 14.8. The van der Waals surface area contributed by atoms with Gasteiger partial charge in [0.25, 0.3) is 0 Å². The van der Waals surface area contributed by atoms with E-state index in [1.54, 1.807) is 4.90 Å². The quantitative estimate of drug-likeness (QED) is 0.833. The first kappa shape index (κ1) is 15.8. The third-order valence-corrected chi connectivity index (χ3v) is 5.61. The van der Waals surface area contributed by atoms with E-state index >= 15 is 0 Å². The van der Waals surface area contributed by atoms with Crippen molar-refractivity contribution < 1.29 is 13.2 Å². The molecule has 1 aliphatic carbocycles. The van der Waals surface area contributed by atoms with Crippen LogP contribution in [0.1, 0.15) is 32.1 Å². The second-order valence-electron chi connectivity index (χ2n) is 5.65. The number of amides is 1. The topological polar surface area (TPSA) is 66.5 Å². The predicted molar refractivity (Wildman–Crippen MR) is 78.9 cm³/mol. The van der Waals surface area contributed by atoms with E-state index in [4.69, 9.17) is 11.6 Å². The number of halogens is 1. The molecule has 1 aliphatic heterocycles. The largest absolute Gasteiger partial charge is 0.341 e. The predicted octanol–water partition coefficient (Wildman–Crippen LogP) is 1.45. The molecule has 20 heavy (non-hydrogen) atoms. The molecule has 1 atom stereocenters. The van der Waals surface area contributed by atoms with Gasteiger partial charge >= 0.3 is 0 Å². The van der Waals surface area contributed by atoms with Crippen LogP contribution in [0.15, 0.2) is 11.6 Å². The first-order valence-corrected chi connectivity index (χ1v) is 9.02. The van der Waals surface area contributed by atoms with Crippen LogP contribution in [0.3, 0.4) is 0 Å². The van der Waals surface area contributed by atoms with E-state index in [1.165, 1.54) is 0 Å². The van der Waals surface area contributed by atoms with Gasteiger partial charge in [0, 0.05) is 30.1 Å². The van der Waals surface area contributed by atoms with Gasteiger partial charge < -0.3 is 4.90 Å². The standard InChI is InChI=1S/C13H21ClN2O3S/c1-10(14)9-20(18,19)15-12-6-7-16(8-12)13(17)11-4-2-3-5-11/h11-12,15H,1-9H2. The third-order valence-electron chi connectivity index (χ3n) is 3.90. The lowest BCUT2D eigenvalue weighted by atomic mass is 10.1. The fraction of sp³-hybridized carbons (Fsp3) is 0.769. The van der Waals surface area contributed by atoms with Gasteiger partial charge in [0.15, 0.2) is 0 Å². The Labute approximate surface area is 125 Å². The molecule has 7 heteroatoms. The summed E-state index contributed by atoms with van der Waals surface area (Å²) in [6.07, 6.45) is 4.85. The summed E-state index contributed by atoms with van der Waals surface area (Å²) in [4.78, 5) is 14.0. The Bertz CT molecular complexity index is 486. The number of carbonyl (C=O) groups excluding carboxylic acids is 1. The van der Waals surface area contributed by atoms with Crippen LogP contribution in [0.25, 0.3) is 0 Å². The van der Waals surface area contributed by atoms with Gasteiger partial charge in [-0.2, -0.15) is 0 Å². The number of carbonyl (C=O) groups is 1. The molecule has 0 aromatic carbocycles. The summed E-state index contributed by atoms with van der Waals surface area (Å²) in [5, 5.41) is 0.0920. The van der Waals surface area contributed by atoms with Crippen molar-refractivity contribution >= 4 is 27.5 Å². The molecule has 2 rings (SSSR count). The van der Waals surface area contributed by atoms with Gasteiger partial charge in [0.05, 0.1) is 5.75 Å². The lowest BCUT2D eigenvalue weighted by Gasteiger charge is -2.20. The Hall–Kier alpha value is -0.590. The Morgan fingerprint density at radius 3 is 2.55 bits per heavy atom. The van der Waals surface area contributed by atoms with Crippen molar-refractivity contribution in [2.75, 3.05) is 18.8 Å². The van der Waals surface area contributed by atoms with Gasteiger partial charge in [0.2, 0.25) is 15.9 Å². The van der Waals surface area contributed by atoms with Crippen LogP contribution in [-0.2, 0) is 14.8 Å². The normalized spacial score (nSPS) is 24.2. The second kappa shape index (κ2) is 6.45. The maximum atomic E-state index is 12.3. The molecule has 1 amide bonds. The molecule has 1 heterocycles. The SMILES string of the molecule is C=C(Cl)CS(=O)(=O)NC1CCN(C(=O)C2CCCC2)C1. The van der Waals surface area contributed by atoms with Crippen LogP contribution < -0.4 is 4.72 Å². The van der Waals surface area contributed by atoms with Gasteiger partial charge in [-0.05, 0) is 19.3 Å². The van der Waals surface area contributed by atoms with E-state index in [0.717, 1.165) is 25.7 Å². The first-order chi connectivity index (χ1) is 9.37. The van der Waals surface area contributed by atoms with Crippen molar-refractivity contribution in [2.45, 2.75) is 38.1 Å². The van der Waals surface area contributed by atoms with Gasteiger partial charge in [-0.25, -0.2) is 13.1 Å². The lowest BCUT2D eigenvalue weighted by molar-refractivity contribution is -0.134. The Morgan fingerprint density at radius 1 is 1.30 bits per heavy atom. The molecule has 5 nitrogen and oxygen atoms in total. The Balaban J connectivity index is 1.86. The number of hydrogen-bond acceptors (Lipinski definition) is 3. The molecule has 2 fully saturated rings. The summed E-state index contributed by atoms with van der Waals surface area (Å²) in [6.45, 7) is 4.48. The lowest BCUT2D eigenvalue weighted by Crippen LogP contribution is -2.40. The van der Waals surface area contributed by atoms with E-state index in [1.807, 2.05) is 0 Å². The van der Waals surface area contributed by atoms with Crippen LogP contribution in [0, 0.1) is 5.92 Å². The van der Waals surface area contributed by atoms with Crippen LogP contribution in [-0.4, -0.2) is 44.1 Å². The molecule has 0 aromatic rings. The van der Waals surface area contributed by atoms with Crippen molar-refractivity contribution in [2.24, 2.45) is 5.92 Å². The number of nitrogens with zero attached hydrogens (tertiary/aromatic N) is 1. The van der Waals surface area contributed by atoms with Gasteiger partial charge in [-0.3, -0.25) is 4.79 Å². The molecular weight excluding hydrogens is 300 g/mol. The van der Waals surface area contributed by atoms with Crippen LogP contribution >= 0.6 is 11.6 Å². The highest BCUT2D eigenvalue weighted by Crippen LogP contribution is 2.27. The smallest absolute Gasteiger partial charge is 0.225 e. The molecular formula is C13H21ClN2O3S. The highest BCUT2D eigenvalue weighted by atomic mass is 35.5. The third kappa shape index (κ3) is 4.20. The highest BCUT2D eigenvalue weighted by molar-refractivity contribution is 7.89. The summed E-state index contributed by atoms with van der Waals surface area (Å²) >= 11 is 5.53.